The molecule has 2 heterocycles. The van der Waals surface area contributed by atoms with E-state index in [2.05, 4.69) is 26.1 Å². The minimum atomic E-state index is -0.181. The van der Waals surface area contributed by atoms with Crippen LogP contribution in [0.5, 0.6) is 0 Å². The first kappa shape index (κ1) is 10.1. The van der Waals surface area contributed by atoms with Crippen LogP contribution in [0.2, 0.25) is 0 Å². The molecule has 15 heavy (non-hydrogen) atoms. The number of halogens is 1. The van der Waals surface area contributed by atoms with Crippen molar-refractivity contribution in [3.05, 3.63) is 10.2 Å². The number of nitriles is 1. The predicted octanol–water partition coefficient (Wildman–Crippen LogP) is 0.108. The average molecular weight is 270 g/mol. The van der Waals surface area contributed by atoms with Crippen LogP contribution in [0.25, 0.3) is 0 Å². The zero-order chi connectivity index (χ0) is 11.0. The lowest BCUT2D eigenvalue weighted by molar-refractivity contribution is -0.117. The molecule has 78 valence electrons. The van der Waals surface area contributed by atoms with Crippen LogP contribution in [0.4, 0.5) is 5.82 Å². The van der Waals surface area contributed by atoms with Gasteiger partial charge in [0.25, 0.3) is 0 Å². The number of amides is 1. The number of hydrogen-bond acceptors (Lipinski definition) is 4. The molecule has 1 aliphatic heterocycles. The molecule has 6 nitrogen and oxygen atoms in total. The Labute approximate surface area is 94.2 Å². The van der Waals surface area contributed by atoms with E-state index >= 15 is 0 Å². The number of nitrogens with two attached hydrogens (primary N) is 1. The van der Waals surface area contributed by atoms with Crippen LogP contribution < -0.4 is 10.6 Å². The standard InChI is InChI=1S/C8H8BrN5O/c9-7-5(2-10)8(13-12-7)14-3-4(11)1-6(14)15/h4H,1,3,11H2,(H,12,13). The molecular weight excluding hydrogens is 262 g/mol. The summed E-state index contributed by atoms with van der Waals surface area (Å²) >= 11 is 3.15. The topological polar surface area (TPSA) is 98.8 Å². The fourth-order valence-electron chi connectivity index (χ4n) is 1.55. The lowest BCUT2D eigenvalue weighted by Gasteiger charge is -2.12. The molecule has 1 aromatic heterocycles. The van der Waals surface area contributed by atoms with Gasteiger partial charge in [-0.3, -0.25) is 14.8 Å². The molecule has 0 saturated carbocycles. The number of aromatic amines is 1. The van der Waals surface area contributed by atoms with Gasteiger partial charge in [-0.2, -0.15) is 10.4 Å². The van der Waals surface area contributed by atoms with Gasteiger partial charge < -0.3 is 5.73 Å². The lowest BCUT2D eigenvalue weighted by atomic mass is 10.3. The minimum absolute atomic E-state index is 0.0991. The Balaban J connectivity index is 2.39. The molecule has 1 unspecified atom stereocenters. The number of H-pyrrole nitrogens is 1. The third kappa shape index (κ3) is 1.62. The van der Waals surface area contributed by atoms with Gasteiger partial charge in [-0.1, -0.05) is 0 Å². The molecule has 0 spiro atoms. The first-order chi connectivity index (χ1) is 7.13. The van der Waals surface area contributed by atoms with Crippen LogP contribution in [-0.4, -0.2) is 28.7 Å². The maximum absolute atomic E-state index is 11.5. The number of nitrogens with one attached hydrogen (secondary N) is 1. The highest BCUT2D eigenvalue weighted by molar-refractivity contribution is 9.10. The van der Waals surface area contributed by atoms with Crippen molar-refractivity contribution in [2.75, 3.05) is 11.4 Å². The Bertz CT molecular complexity index is 448. The zero-order valence-electron chi connectivity index (χ0n) is 7.70. The summed E-state index contributed by atoms with van der Waals surface area (Å²) in [5.41, 5.74) is 5.99. The Morgan fingerprint density at radius 3 is 3.00 bits per heavy atom. The first-order valence-corrected chi connectivity index (χ1v) is 5.12. The van der Waals surface area contributed by atoms with Gasteiger partial charge in [-0.25, -0.2) is 0 Å². The molecule has 0 aromatic carbocycles. The number of nitrogens with zero attached hydrogens (tertiary/aromatic N) is 3. The molecular formula is C8H8BrN5O. The minimum Gasteiger partial charge on any atom is -0.326 e. The van der Waals surface area contributed by atoms with Crippen molar-refractivity contribution in [3.8, 4) is 6.07 Å². The Morgan fingerprint density at radius 1 is 1.73 bits per heavy atom. The van der Waals surface area contributed by atoms with Gasteiger partial charge in [-0.05, 0) is 15.9 Å². The zero-order valence-corrected chi connectivity index (χ0v) is 9.28. The fraction of sp³-hybridized carbons (Fsp3) is 0.375. The number of rotatable bonds is 1. The van der Waals surface area contributed by atoms with Crippen molar-refractivity contribution in [1.29, 1.82) is 5.26 Å². The van der Waals surface area contributed by atoms with Crippen molar-refractivity contribution in [2.24, 2.45) is 5.73 Å². The van der Waals surface area contributed by atoms with Crippen molar-refractivity contribution in [2.45, 2.75) is 12.5 Å². The Morgan fingerprint density at radius 2 is 2.47 bits per heavy atom. The second kappa shape index (κ2) is 3.64. The summed E-state index contributed by atoms with van der Waals surface area (Å²) in [6, 6.07) is 1.80. The van der Waals surface area contributed by atoms with E-state index in [1.807, 2.05) is 6.07 Å². The van der Waals surface area contributed by atoms with E-state index in [1.54, 1.807) is 0 Å². The second-order valence-corrected chi connectivity index (χ2v) is 4.11. The van der Waals surface area contributed by atoms with Gasteiger partial charge >= 0.3 is 0 Å². The van der Waals surface area contributed by atoms with Crippen molar-refractivity contribution < 1.29 is 4.79 Å². The van der Waals surface area contributed by atoms with Crippen LogP contribution in [0.15, 0.2) is 4.60 Å². The molecule has 1 fully saturated rings. The van der Waals surface area contributed by atoms with E-state index in [1.165, 1.54) is 4.90 Å². The van der Waals surface area contributed by atoms with E-state index in [4.69, 9.17) is 11.0 Å². The van der Waals surface area contributed by atoms with Crippen molar-refractivity contribution >= 4 is 27.7 Å². The molecule has 1 aromatic rings. The summed E-state index contributed by atoms with van der Waals surface area (Å²) in [7, 11) is 0. The van der Waals surface area contributed by atoms with Crippen LogP contribution in [-0.2, 0) is 4.79 Å². The molecule has 1 aliphatic rings. The normalized spacial score (nSPS) is 20.7. The largest absolute Gasteiger partial charge is 0.326 e. The summed E-state index contributed by atoms with van der Waals surface area (Å²) in [4.78, 5) is 13.0. The summed E-state index contributed by atoms with van der Waals surface area (Å²) in [5, 5.41) is 15.4. The maximum Gasteiger partial charge on any atom is 0.229 e. The predicted molar refractivity (Wildman–Crippen MR) is 55.9 cm³/mol. The molecule has 3 N–H and O–H groups in total. The van der Waals surface area contributed by atoms with Crippen molar-refractivity contribution in [1.82, 2.24) is 10.2 Å². The maximum atomic E-state index is 11.5. The molecule has 0 aliphatic carbocycles. The number of hydrogen-bond donors (Lipinski definition) is 2. The molecule has 0 bridgehead atoms. The van der Waals surface area contributed by atoms with Gasteiger partial charge in [0.05, 0.1) is 0 Å². The third-order valence-corrected chi connectivity index (χ3v) is 2.80. The highest BCUT2D eigenvalue weighted by atomic mass is 79.9. The fourth-order valence-corrected chi connectivity index (χ4v) is 1.90. The molecule has 1 atom stereocenters. The van der Waals surface area contributed by atoms with E-state index in [0.717, 1.165) is 0 Å². The number of aromatic nitrogens is 2. The second-order valence-electron chi connectivity index (χ2n) is 3.32. The SMILES string of the molecule is N#Cc1c(N2CC(N)CC2=O)n[nH]c1Br. The van der Waals surface area contributed by atoms with Gasteiger partial charge in [0.1, 0.15) is 16.2 Å². The van der Waals surface area contributed by atoms with Gasteiger partial charge in [-0.15, -0.1) is 0 Å². The summed E-state index contributed by atoms with van der Waals surface area (Å²) in [6.07, 6.45) is 0.301. The van der Waals surface area contributed by atoms with Crippen LogP contribution in [0.3, 0.4) is 0 Å². The monoisotopic (exact) mass is 269 g/mol. The number of carbonyl (C=O) groups is 1. The molecule has 2 rings (SSSR count). The number of anilines is 1. The van der Waals surface area contributed by atoms with E-state index in [0.29, 0.717) is 29.0 Å². The van der Waals surface area contributed by atoms with Gasteiger partial charge in [0.2, 0.25) is 5.91 Å². The smallest absolute Gasteiger partial charge is 0.229 e. The Hall–Kier alpha value is -1.39. The van der Waals surface area contributed by atoms with Crippen LogP contribution in [0, 0.1) is 11.3 Å². The molecule has 0 radical (unpaired) electrons. The molecule has 1 saturated heterocycles. The molecule has 1 amide bonds. The van der Waals surface area contributed by atoms with Crippen molar-refractivity contribution in [3.63, 3.8) is 0 Å². The summed E-state index contributed by atoms with van der Waals surface area (Å²) in [5.74, 6) is 0.250. The molecule has 7 heteroatoms. The highest BCUT2D eigenvalue weighted by Gasteiger charge is 2.31. The first-order valence-electron chi connectivity index (χ1n) is 4.33. The summed E-state index contributed by atoms with van der Waals surface area (Å²) in [6.45, 7) is 0.408. The number of carbonyl (C=O) groups excluding carboxylic acids is 1. The van der Waals surface area contributed by atoms with E-state index < -0.39 is 0 Å². The van der Waals surface area contributed by atoms with Gasteiger partial charge in [0, 0.05) is 19.0 Å². The van der Waals surface area contributed by atoms with E-state index in [9.17, 15) is 4.79 Å². The lowest BCUT2D eigenvalue weighted by Crippen LogP contribution is -2.28. The average Bonchev–Trinajstić information content (AvgIpc) is 2.69. The highest BCUT2D eigenvalue weighted by Crippen LogP contribution is 2.26. The van der Waals surface area contributed by atoms with Crippen LogP contribution in [0.1, 0.15) is 12.0 Å². The quantitative estimate of drug-likeness (QED) is 0.756. The van der Waals surface area contributed by atoms with E-state index in [-0.39, 0.29) is 11.9 Å². The van der Waals surface area contributed by atoms with Crippen LogP contribution >= 0.6 is 15.9 Å². The summed E-state index contributed by atoms with van der Waals surface area (Å²) < 4.78 is 0.480. The third-order valence-electron chi connectivity index (χ3n) is 2.23. The Kier molecular flexibility index (Phi) is 2.46. The van der Waals surface area contributed by atoms with Gasteiger partial charge in [0.15, 0.2) is 5.82 Å².